The minimum absolute atomic E-state index is 0.0190. The van der Waals surface area contributed by atoms with Crippen molar-refractivity contribution in [2.24, 2.45) is 0 Å². The molecule has 0 bridgehead atoms. The third-order valence-corrected chi connectivity index (χ3v) is 9.05. The average Bonchev–Trinajstić information content (AvgIpc) is 3.24. The van der Waals surface area contributed by atoms with E-state index in [0.717, 1.165) is 48.6 Å². The number of anilines is 1. The zero-order valence-corrected chi connectivity index (χ0v) is 22.7. The summed E-state index contributed by atoms with van der Waals surface area (Å²) in [7, 11) is 0. The Bertz CT molecular complexity index is 1630. The van der Waals surface area contributed by atoms with Gasteiger partial charge in [0.25, 0.3) is 11.2 Å². The van der Waals surface area contributed by atoms with Crippen molar-refractivity contribution in [3.05, 3.63) is 82.9 Å². The predicted molar refractivity (Wildman–Crippen MR) is 149 cm³/mol. The zero-order valence-electron chi connectivity index (χ0n) is 19.5. The Balaban J connectivity index is 1.52. The lowest BCUT2D eigenvalue weighted by atomic mass is 9.97. The molecular formula is C25H20Cl2N4O4S2. The van der Waals surface area contributed by atoms with Crippen molar-refractivity contribution in [1.29, 1.82) is 0 Å². The van der Waals surface area contributed by atoms with Crippen LogP contribution in [0.5, 0.6) is 0 Å². The Morgan fingerprint density at radius 3 is 2.78 bits per heavy atom. The first kappa shape index (κ1) is 25.7. The summed E-state index contributed by atoms with van der Waals surface area (Å²) in [5.41, 5.74) is 2.20. The first-order chi connectivity index (χ1) is 17.7. The number of hydrogen-bond donors (Lipinski definition) is 1. The van der Waals surface area contributed by atoms with Gasteiger partial charge in [-0.15, -0.1) is 11.3 Å². The van der Waals surface area contributed by atoms with Gasteiger partial charge in [0.05, 0.1) is 21.7 Å². The fourth-order valence-electron chi connectivity index (χ4n) is 4.39. The van der Waals surface area contributed by atoms with E-state index in [4.69, 9.17) is 28.2 Å². The number of benzene rings is 2. The number of hydrogen-bond acceptors (Lipinski definition) is 7. The molecule has 5 rings (SSSR count). The van der Waals surface area contributed by atoms with E-state index in [1.165, 1.54) is 27.6 Å². The molecule has 0 unspecified atom stereocenters. The molecule has 8 nitrogen and oxygen atoms in total. The number of fused-ring (bicyclic) bond motifs is 3. The Morgan fingerprint density at radius 2 is 2.00 bits per heavy atom. The fourth-order valence-corrected chi connectivity index (χ4v) is 6.86. The Hall–Kier alpha value is -2.92. The Morgan fingerprint density at radius 1 is 1.22 bits per heavy atom. The lowest BCUT2D eigenvalue weighted by Crippen LogP contribution is -2.24. The number of halogens is 2. The molecule has 4 aromatic rings. The summed E-state index contributed by atoms with van der Waals surface area (Å²) < 4.78 is 1.54. The van der Waals surface area contributed by atoms with E-state index in [1.807, 2.05) is 13.0 Å². The number of nitro benzene ring substituents is 1. The number of aryl methyl sites for hydroxylation is 2. The highest BCUT2D eigenvalue weighted by Gasteiger charge is 2.24. The van der Waals surface area contributed by atoms with Crippen LogP contribution in [0.2, 0.25) is 10.0 Å². The number of thioether (sulfide) groups is 1. The zero-order chi connectivity index (χ0) is 26.3. The summed E-state index contributed by atoms with van der Waals surface area (Å²) in [6.07, 6.45) is 3.91. The molecule has 12 heteroatoms. The van der Waals surface area contributed by atoms with Gasteiger partial charge in [-0.2, -0.15) is 0 Å². The SMILES string of the molecule is Cc1c(Cl)cccc1-n1c(SCC(=O)Nc2ccc(Cl)c([N+](=O)[O-])c2)nc2sc3c(c2c1=O)CCCC3. The molecule has 0 saturated heterocycles. The second kappa shape index (κ2) is 10.4. The minimum atomic E-state index is -0.613. The number of nitrogens with zero attached hydrogens (tertiary/aromatic N) is 3. The quantitative estimate of drug-likeness (QED) is 0.120. The first-order valence-electron chi connectivity index (χ1n) is 11.4. The van der Waals surface area contributed by atoms with Gasteiger partial charge >= 0.3 is 0 Å². The molecular weight excluding hydrogens is 555 g/mol. The Kier molecular flexibility index (Phi) is 7.26. The van der Waals surface area contributed by atoms with Gasteiger partial charge < -0.3 is 5.32 Å². The van der Waals surface area contributed by atoms with Crippen LogP contribution in [-0.2, 0) is 17.6 Å². The molecule has 0 saturated carbocycles. The summed E-state index contributed by atoms with van der Waals surface area (Å²) >= 11 is 14.9. The maximum Gasteiger partial charge on any atom is 0.289 e. The van der Waals surface area contributed by atoms with Crippen LogP contribution in [0, 0.1) is 17.0 Å². The van der Waals surface area contributed by atoms with E-state index >= 15 is 0 Å². The van der Waals surface area contributed by atoms with E-state index in [0.29, 0.717) is 26.1 Å². The number of carbonyl (C=O) groups is 1. The second-order valence-corrected chi connectivity index (χ2v) is 11.4. The normalized spacial score (nSPS) is 12.9. The molecule has 0 atom stereocenters. The molecule has 1 aliphatic rings. The number of nitrogens with one attached hydrogen (secondary N) is 1. The van der Waals surface area contributed by atoms with Crippen molar-refractivity contribution >= 4 is 73.8 Å². The lowest BCUT2D eigenvalue weighted by molar-refractivity contribution is -0.384. The number of nitro groups is 1. The molecule has 190 valence electrons. The maximum atomic E-state index is 13.9. The maximum absolute atomic E-state index is 13.9. The van der Waals surface area contributed by atoms with Crippen LogP contribution >= 0.6 is 46.3 Å². The summed E-state index contributed by atoms with van der Waals surface area (Å²) in [6, 6.07) is 9.40. The average molecular weight is 575 g/mol. The standard InChI is InChI=1S/C25H20Cl2N4O4S2/c1-13-16(26)6-4-7-18(13)30-24(33)22-15-5-2-3-8-20(15)37-23(22)29-25(30)36-12-21(32)28-14-9-10-17(27)19(11-14)31(34)35/h4,6-7,9-11H,2-3,5,8,12H2,1H3,(H,28,32). The summed E-state index contributed by atoms with van der Waals surface area (Å²) in [5.74, 6) is -0.477. The van der Waals surface area contributed by atoms with Crippen LogP contribution in [0.25, 0.3) is 15.9 Å². The Labute approximate surface area is 229 Å². The monoisotopic (exact) mass is 574 g/mol. The molecule has 2 heterocycles. The third kappa shape index (κ3) is 4.98. The summed E-state index contributed by atoms with van der Waals surface area (Å²) in [6.45, 7) is 1.84. The predicted octanol–water partition coefficient (Wildman–Crippen LogP) is 6.58. The van der Waals surface area contributed by atoms with Gasteiger partial charge in [0.15, 0.2) is 5.16 Å². The van der Waals surface area contributed by atoms with Crippen LogP contribution in [0.15, 0.2) is 46.3 Å². The fraction of sp³-hybridized carbons (Fsp3) is 0.240. The van der Waals surface area contributed by atoms with Crippen molar-refractivity contribution in [3.63, 3.8) is 0 Å². The minimum Gasteiger partial charge on any atom is -0.325 e. The highest BCUT2D eigenvalue weighted by Crippen LogP contribution is 2.36. The van der Waals surface area contributed by atoms with Crippen molar-refractivity contribution in [1.82, 2.24) is 9.55 Å². The molecule has 2 aromatic carbocycles. The van der Waals surface area contributed by atoms with Gasteiger partial charge in [0, 0.05) is 21.7 Å². The van der Waals surface area contributed by atoms with Crippen LogP contribution < -0.4 is 10.9 Å². The van der Waals surface area contributed by atoms with E-state index in [-0.39, 0.29) is 27.7 Å². The molecule has 1 aliphatic carbocycles. The van der Waals surface area contributed by atoms with Gasteiger partial charge in [-0.3, -0.25) is 24.3 Å². The molecule has 0 fully saturated rings. The van der Waals surface area contributed by atoms with Crippen molar-refractivity contribution in [2.75, 3.05) is 11.1 Å². The number of carbonyl (C=O) groups excluding carboxylic acids is 1. The largest absolute Gasteiger partial charge is 0.325 e. The van der Waals surface area contributed by atoms with Crippen LogP contribution in [0.4, 0.5) is 11.4 Å². The molecule has 1 N–H and O–H groups in total. The van der Waals surface area contributed by atoms with Crippen molar-refractivity contribution in [2.45, 2.75) is 37.8 Å². The van der Waals surface area contributed by atoms with Gasteiger partial charge in [0.1, 0.15) is 9.85 Å². The summed E-state index contributed by atoms with van der Waals surface area (Å²) in [4.78, 5) is 43.9. The van der Waals surface area contributed by atoms with Crippen LogP contribution in [0.3, 0.4) is 0 Å². The van der Waals surface area contributed by atoms with Crippen LogP contribution in [-0.4, -0.2) is 26.1 Å². The molecule has 0 spiro atoms. The second-order valence-electron chi connectivity index (χ2n) is 8.57. The van der Waals surface area contributed by atoms with E-state index < -0.39 is 10.8 Å². The number of aromatic nitrogens is 2. The van der Waals surface area contributed by atoms with Gasteiger partial charge in [0.2, 0.25) is 5.91 Å². The lowest BCUT2D eigenvalue weighted by Gasteiger charge is -2.16. The third-order valence-electron chi connectivity index (χ3n) is 6.20. The molecule has 2 aromatic heterocycles. The van der Waals surface area contributed by atoms with E-state index in [2.05, 4.69) is 5.32 Å². The highest BCUT2D eigenvalue weighted by atomic mass is 35.5. The first-order valence-corrected chi connectivity index (χ1v) is 14.0. The van der Waals surface area contributed by atoms with E-state index in [9.17, 15) is 19.7 Å². The molecule has 0 radical (unpaired) electrons. The molecule has 0 aliphatic heterocycles. The number of rotatable bonds is 6. The molecule has 37 heavy (non-hydrogen) atoms. The van der Waals surface area contributed by atoms with Crippen molar-refractivity contribution < 1.29 is 9.72 Å². The number of amides is 1. The topological polar surface area (TPSA) is 107 Å². The summed E-state index contributed by atoms with van der Waals surface area (Å²) in [5, 5.41) is 15.3. The van der Waals surface area contributed by atoms with E-state index in [1.54, 1.807) is 23.5 Å². The van der Waals surface area contributed by atoms with Gasteiger partial charge in [-0.25, -0.2) is 4.98 Å². The van der Waals surface area contributed by atoms with Crippen LogP contribution in [0.1, 0.15) is 28.8 Å². The highest BCUT2D eigenvalue weighted by molar-refractivity contribution is 7.99. The smallest absolute Gasteiger partial charge is 0.289 e. The molecule has 1 amide bonds. The van der Waals surface area contributed by atoms with Gasteiger partial charge in [-0.05, 0) is 68.0 Å². The van der Waals surface area contributed by atoms with Gasteiger partial charge in [-0.1, -0.05) is 41.0 Å². The number of thiophene rings is 1. The van der Waals surface area contributed by atoms with Crippen molar-refractivity contribution in [3.8, 4) is 5.69 Å².